The molecule has 1 unspecified atom stereocenters. The lowest BCUT2D eigenvalue weighted by Gasteiger charge is -2.09. The highest BCUT2D eigenvalue weighted by atomic mass is 32.3. The van der Waals surface area contributed by atoms with Gasteiger partial charge in [0, 0.05) is 6.20 Å². The van der Waals surface area contributed by atoms with Crippen molar-refractivity contribution in [1.29, 1.82) is 0 Å². The Hall–Kier alpha value is -1.15. The highest BCUT2D eigenvalue weighted by Crippen LogP contribution is 2.28. The minimum Gasteiger partial charge on any atom is -0.346 e. The van der Waals surface area contributed by atoms with Crippen LogP contribution in [0.4, 0.5) is 3.89 Å². The molecule has 0 aliphatic carbocycles. The Bertz CT molecular complexity index is 669. The zero-order valence-electron chi connectivity index (χ0n) is 9.84. The monoisotopic (exact) mass is 289 g/mol. The van der Waals surface area contributed by atoms with Crippen LogP contribution in [0.25, 0.3) is 11.0 Å². The van der Waals surface area contributed by atoms with Crippen LogP contribution in [0.5, 0.6) is 0 Å². The van der Waals surface area contributed by atoms with Crippen molar-refractivity contribution in [2.75, 3.05) is 5.75 Å². The van der Waals surface area contributed by atoms with Gasteiger partial charge < -0.3 is 4.98 Å². The van der Waals surface area contributed by atoms with Crippen LogP contribution in [0, 0.1) is 0 Å². The molecule has 0 spiro atoms. The van der Waals surface area contributed by atoms with Crippen LogP contribution < -0.4 is 0 Å². The third kappa shape index (κ3) is 2.49. The maximum absolute atomic E-state index is 13.2. The Morgan fingerprint density at radius 3 is 2.83 bits per heavy atom. The van der Waals surface area contributed by atoms with Crippen LogP contribution in [0.1, 0.15) is 24.9 Å². The largest absolute Gasteiger partial charge is 0.350 e. The number of nitrogens with zero attached hydrogens (tertiary/aromatic N) is 2. The Morgan fingerprint density at radius 2 is 2.22 bits per heavy atom. The number of halogens is 1. The van der Waals surface area contributed by atoms with Gasteiger partial charge in [-0.05, 0) is 18.7 Å². The Labute approximate surface area is 108 Å². The van der Waals surface area contributed by atoms with Gasteiger partial charge in [0.15, 0.2) is 5.03 Å². The molecule has 2 rings (SSSR count). The van der Waals surface area contributed by atoms with E-state index >= 15 is 0 Å². The third-order valence-electron chi connectivity index (χ3n) is 2.41. The van der Waals surface area contributed by atoms with Gasteiger partial charge in [0.25, 0.3) is 0 Å². The summed E-state index contributed by atoms with van der Waals surface area (Å²) < 4.78 is 35.4. The van der Waals surface area contributed by atoms with Gasteiger partial charge in [-0.2, -0.15) is 20.2 Å². The fourth-order valence-corrected chi connectivity index (χ4v) is 3.01. The quantitative estimate of drug-likeness (QED) is 0.691. The topological polar surface area (TPSA) is 75.7 Å². The predicted octanol–water partition coefficient (Wildman–Crippen LogP) is 2.43. The molecule has 0 fully saturated rings. The molecule has 5 nitrogen and oxygen atoms in total. The third-order valence-corrected chi connectivity index (χ3v) is 4.23. The van der Waals surface area contributed by atoms with E-state index in [4.69, 9.17) is 0 Å². The van der Waals surface area contributed by atoms with E-state index in [1.807, 2.05) is 13.8 Å². The lowest BCUT2D eigenvalue weighted by molar-refractivity contribution is 0.548. The molecule has 18 heavy (non-hydrogen) atoms. The molecule has 2 aromatic heterocycles. The molecule has 2 aromatic rings. The Morgan fingerprint density at radius 1 is 1.50 bits per heavy atom. The Kier molecular flexibility index (Phi) is 3.58. The summed E-state index contributed by atoms with van der Waals surface area (Å²) in [6.45, 7) is 3.83. The first-order valence-electron chi connectivity index (χ1n) is 5.34. The molecular weight excluding hydrogens is 277 g/mol. The zero-order chi connectivity index (χ0) is 13.3. The van der Waals surface area contributed by atoms with Crippen LogP contribution in [-0.4, -0.2) is 29.1 Å². The highest BCUT2D eigenvalue weighted by molar-refractivity contribution is 7.99. The van der Waals surface area contributed by atoms with E-state index in [1.54, 1.807) is 11.8 Å². The molecule has 0 bridgehead atoms. The van der Waals surface area contributed by atoms with Crippen molar-refractivity contribution in [1.82, 2.24) is 15.0 Å². The van der Waals surface area contributed by atoms with Gasteiger partial charge in [0.05, 0.1) is 10.6 Å². The maximum atomic E-state index is 13.2. The average molecular weight is 289 g/mol. The SMILES string of the molecule is CCSC(C)c1nc(S(=O)(=O)F)c2cc[nH]c2n1. The van der Waals surface area contributed by atoms with Gasteiger partial charge in [-0.3, -0.25) is 0 Å². The van der Waals surface area contributed by atoms with Gasteiger partial charge in [-0.25, -0.2) is 9.97 Å². The number of hydrogen-bond acceptors (Lipinski definition) is 5. The molecule has 0 saturated carbocycles. The normalized spacial score (nSPS) is 13.9. The number of rotatable bonds is 4. The number of nitrogens with one attached hydrogen (secondary N) is 1. The molecule has 0 saturated heterocycles. The van der Waals surface area contributed by atoms with E-state index in [0.717, 1.165) is 5.75 Å². The lowest BCUT2D eigenvalue weighted by atomic mass is 10.4. The first-order valence-corrected chi connectivity index (χ1v) is 7.78. The number of aromatic nitrogens is 3. The minimum atomic E-state index is -4.85. The van der Waals surface area contributed by atoms with Crippen LogP contribution in [-0.2, 0) is 10.2 Å². The molecule has 0 aromatic carbocycles. The van der Waals surface area contributed by atoms with E-state index in [9.17, 15) is 12.3 Å². The van der Waals surface area contributed by atoms with Gasteiger partial charge in [-0.15, -0.1) is 0 Å². The van der Waals surface area contributed by atoms with Gasteiger partial charge in [0.2, 0.25) is 0 Å². The van der Waals surface area contributed by atoms with E-state index in [1.165, 1.54) is 12.3 Å². The highest BCUT2D eigenvalue weighted by Gasteiger charge is 2.22. The van der Waals surface area contributed by atoms with Crippen molar-refractivity contribution in [2.45, 2.75) is 24.1 Å². The van der Waals surface area contributed by atoms with E-state index in [0.29, 0.717) is 11.5 Å². The number of fused-ring (bicyclic) bond motifs is 1. The fraction of sp³-hybridized carbons (Fsp3) is 0.400. The number of thioether (sulfide) groups is 1. The average Bonchev–Trinajstić information content (AvgIpc) is 2.74. The van der Waals surface area contributed by atoms with Crippen molar-refractivity contribution in [3.63, 3.8) is 0 Å². The molecule has 1 N–H and O–H groups in total. The van der Waals surface area contributed by atoms with Crippen molar-refractivity contribution >= 4 is 33.0 Å². The summed E-state index contributed by atoms with van der Waals surface area (Å²) in [6.07, 6.45) is 1.51. The molecule has 98 valence electrons. The van der Waals surface area contributed by atoms with Gasteiger partial charge in [0.1, 0.15) is 11.5 Å². The second kappa shape index (κ2) is 4.85. The van der Waals surface area contributed by atoms with E-state index in [-0.39, 0.29) is 10.6 Å². The number of hydrogen-bond donors (Lipinski definition) is 1. The summed E-state index contributed by atoms with van der Waals surface area (Å²) in [5.41, 5.74) is 0.333. The molecule has 0 radical (unpaired) electrons. The maximum Gasteiger partial charge on any atom is 0.350 e. The zero-order valence-corrected chi connectivity index (χ0v) is 11.5. The van der Waals surface area contributed by atoms with E-state index in [2.05, 4.69) is 15.0 Å². The summed E-state index contributed by atoms with van der Waals surface area (Å²) in [5.74, 6) is 1.15. The van der Waals surface area contributed by atoms with Crippen LogP contribution in [0.3, 0.4) is 0 Å². The van der Waals surface area contributed by atoms with Crippen LogP contribution in [0.2, 0.25) is 0 Å². The Balaban J connectivity index is 2.65. The van der Waals surface area contributed by atoms with Crippen LogP contribution in [0.15, 0.2) is 17.3 Å². The molecule has 1 atom stereocenters. The first kappa shape index (κ1) is 13.3. The molecule has 2 heterocycles. The molecule has 0 aliphatic rings. The molecule has 8 heteroatoms. The van der Waals surface area contributed by atoms with Crippen molar-refractivity contribution in [3.05, 3.63) is 18.1 Å². The smallest absolute Gasteiger partial charge is 0.346 e. The number of aromatic amines is 1. The van der Waals surface area contributed by atoms with E-state index < -0.39 is 15.2 Å². The van der Waals surface area contributed by atoms with Gasteiger partial charge >= 0.3 is 10.2 Å². The second-order valence-electron chi connectivity index (χ2n) is 3.66. The van der Waals surface area contributed by atoms with Crippen LogP contribution >= 0.6 is 11.8 Å². The lowest BCUT2D eigenvalue weighted by Crippen LogP contribution is -2.05. The summed E-state index contributed by atoms with van der Waals surface area (Å²) in [7, 11) is -4.85. The number of H-pyrrole nitrogens is 1. The van der Waals surface area contributed by atoms with Gasteiger partial charge in [-0.1, -0.05) is 10.8 Å². The summed E-state index contributed by atoms with van der Waals surface area (Å²) >= 11 is 1.56. The predicted molar refractivity (Wildman–Crippen MR) is 68.7 cm³/mol. The fourth-order valence-electron chi connectivity index (χ4n) is 1.62. The molecule has 0 aliphatic heterocycles. The first-order chi connectivity index (χ1) is 8.43. The standard InChI is InChI=1S/C10H12FN3O2S2/c1-3-17-6(2)8-13-9-7(4-5-12-9)10(14-8)18(11,15)16/h4-6H,3H2,1-2H3,(H,12,13,14). The van der Waals surface area contributed by atoms with Crippen molar-refractivity contribution < 1.29 is 12.3 Å². The summed E-state index contributed by atoms with van der Waals surface area (Å²) in [4.78, 5) is 10.8. The second-order valence-corrected chi connectivity index (χ2v) is 6.54. The molecular formula is C10H12FN3O2S2. The minimum absolute atomic E-state index is 0.0943. The molecule has 0 amide bonds. The summed E-state index contributed by atoms with van der Waals surface area (Å²) in [6, 6.07) is 1.45. The summed E-state index contributed by atoms with van der Waals surface area (Å²) in [5, 5.41) is -0.481. The van der Waals surface area contributed by atoms with Crippen molar-refractivity contribution in [3.8, 4) is 0 Å². The van der Waals surface area contributed by atoms with Crippen molar-refractivity contribution in [2.24, 2.45) is 0 Å².